The van der Waals surface area contributed by atoms with E-state index in [0.29, 0.717) is 12.1 Å². The smallest absolute Gasteiger partial charge is 0.246 e. The van der Waals surface area contributed by atoms with Crippen molar-refractivity contribution in [2.45, 2.75) is 40.0 Å². The van der Waals surface area contributed by atoms with Gasteiger partial charge in [0.1, 0.15) is 0 Å². The van der Waals surface area contributed by atoms with E-state index in [-0.39, 0.29) is 5.91 Å². The topological polar surface area (TPSA) is 41.1 Å². The van der Waals surface area contributed by atoms with E-state index in [9.17, 15) is 4.79 Å². The number of allylic oxidation sites excluding steroid dienone is 3. The lowest BCUT2D eigenvalue weighted by molar-refractivity contribution is -0.117. The van der Waals surface area contributed by atoms with Crippen molar-refractivity contribution >= 4 is 11.5 Å². The van der Waals surface area contributed by atoms with Gasteiger partial charge in [0, 0.05) is 18.7 Å². The third-order valence-electron chi connectivity index (χ3n) is 3.95. The van der Waals surface area contributed by atoms with Gasteiger partial charge < -0.3 is 10.6 Å². The lowest BCUT2D eigenvalue weighted by atomic mass is 9.97. The van der Waals surface area contributed by atoms with Crippen LogP contribution in [0.4, 0.5) is 0 Å². The van der Waals surface area contributed by atoms with E-state index in [4.69, 9.17) is 0 Å². The minimum absolute atomic E-state index is 0.0668. The summed E-state index contributed by atoms with van der Waals surface area (Å²) in [6, 6.07) is 10.5. The average molecular weight is 341 g/mol. The molecule has 1 rings (SSSR count). The Bertz CT molecular complexity index is 600. The molecule has 3 nitrogen and oxygen atoms in total. The number of rotatable bonds is 11. The molecule has 1 aromatic rings. The fraction of sp³-hybridized carbons (Fsp3) is 0.409. The second-order valence-electron chi connectivity index (χ2n) is 6.10. The van der Waals surface area contributed by atoms with Crippen LogP contribution in [0, 0.1) is 0 Å². The third-order valence-corrected chi connectivity index (χ3v) is 3.95. The standard InChI is InChI=1S/C22H32N2O/c1-5-7-12-19(6-2)21(20-13-9-8-10-14-20)17-23-15-11-16-24-22(25)18(3)4/h7-10,12-14,23H,3,5-6,11,15-17H2,1-2,4H3,(H,24,25)/b12-7-,21-19+. The second-order valence-corrected chi connectivity index (χ2v) is 6.10. The van der Waals surface area contributed by atoms with Crippen molar-refractivity contribution in [3.63, 3.8) is 0 Å². The number of benzene rings is 1. The van der Waals surface area contributed by atoms with Crippen LogP contribution >= 0.6 is 0 Å². The maximum atomic E-state index is 11.5. The SMILES string of the molecule is C=C(C)C(=O)NCCCNC/C(=C(\C=C/CC)CC)c1ccccc1. The van der Waals surface area contributed by atoms with Gasteiger partial charge in [-0.25, -0.2) is 0 Å². The molecule has 3 heteroatoms. The highest BCUT2D eigenvalue weighted by atomic mass is 16.1. The normalized spacial score (nSPS) is 12.1. The highest BCUT2D eigenvalue weighted by molar-refractivity contribution is 5.92. The summed E-state index contributed by atoms with van der Waals surface area (Å²) in [5, 5.41) is 6.37. The first-order valence-corrected chi connectivity index (χ1v) is 9.18. The van der Waals surface area contributed by atoms with E-state index in [1.54, 1.807) is 6.92 Å². The molecule has 0 aliphatic heterocycles. The Morgan fingerprint density at radius 3 is 2.48 bits per heavy atom. The first-order chi connectivity index (χ1) is 12.1. The quantitative estimate of drug-likeness (QED) is 0.354. The summed E-state index contributed by atoms with van der Waals surface area (Å²) in [6.45, 7) is 12.1. The molecule has 0 aromatic heterocycles. The minimum atomic E-state index is -0.0668. The van der Waals surface area contributed by atoms with Crippen LogP contribution in [0.15, 0.2) is 60.2 Å². The van der Waals surface area contributed by atoms with Gasteiger partial charge in [-0.3, -0.25) is 4.79 Å². The van der Waals surface area contributed by atoms with Crippen LogP contribution in [0.3, 0.4) is 0 Å². The third kappa shape index (κ3) is 7.99. The molecule has 0 atom stereocenters. The van der Waals surface area contributed by atoms with E-state index in [1.807, 2.05) is 6.07 Å². The van der Waals surface area contributed by atoms with E-state index >= 15 is 0 Å². The summed E-state index contributed by atoms with van der Waals surface area (Å²) in [4.78, 5) is 11.5. The molecule has 0 unspecified atom stereocenters. The Morgan fingerprint density at radius 2 is 1.88 bits per heavy atom. The van der Waals surface area contributed by atoms with E-state index < -0.39 is 0 Å². The lowest BCUT2D eigenvalue weighted by Crippen LogP contribution is -2.28. The average Bonchev–Trinajstić information content (AvgIpc) is 2.63. The number of carbonyl (C=O) groups excluding carboxylic acids is 1. The lowest BCUT2D eigenvalue weighted by Gasteiger charge is -2.14. The zero-order chi connectivity index (χ0) is 18.5. The van der Waals surface area contributed by atoms with Crippen LogP contribution in [0.5, 0.6) is 0 Å². The van der Waals surface area contributed by atoms with Crippen LogP contribution in [0.25, 0.3) is 5.57 Å². The monoisotopic (exact) mass is 340 g/mol. The Kier molecular flexibility index (Phi) is 10.3. The van der Waals surface area contributed by atoms with Crippen molar-refractivity contribution in [2.75, 3.05) is 19.6 Å². The summed E-state index contributed by atoms with van der Waals surface area (Å²) in [7, 11) is 0. The summed E-state index contributed by atoms with van der Waals surface area (Å²) < 4.78 is 0. The van der Waals surface area contributed by atoms with Crippen LogP contribution in [-0.2, 0) is 4.79 Å². The molecular formula is C22H32N2O. The summed E-state index contributed by atoms with van der Waals surface area (Å²) in [5.74, 6) is -0.0668. The highest BCUT2D eigenvalue weighted by Crippen LogP contribution is 2.21. The first-order valence-electron chi connectivity index (χ1n) is 9.18. The molecule has 0 aliphatic carbocycles. The number of nitrogens with one attached hydrogen (secondary N) is 2. The van der Waals surface area contributed by atoms with Crippen LogP contribution in [0.1, 0.15) is 45.6 Å². The van der Waals surface area contributed by atoms with Crippen LogP contribution < -0.4 is 10.6 Å². The molecule has 0 heterocycles. The van der Waals surface area contributed by atoms with Gasteiger partial charge in [0.2, 0.25) is 5.91 Å². The molecule has 0 saturated heterocycles. The van der Waals surface area contributed by atoms with Crippen molar-refractivity contribution in [2.24, 2.45) is 0 Å². The number of hydrogen-bond donors (Lipinski definition) is 2. The highest BCUT2D eigenvalue weighted by Gasteiger charge is 2.06. The van der Waals surface area contributed by atoms with Crippen LogP contribution in [0.2, 0.25) is 0 Å². The van der Waals surface area contributed by atoms with Gasteiger partial charge in [-0.1, -0.05) is 62.9 Å². The predicted octanol–water partition coefficient (Wildman–Crippen LogP) is 4.49. The Balaban J connectivity index is 2.64. The second kappa shape index (κ2) is 12.3. The molecule has 0 radical (unpaired) electrons. The molecule has 0 fully saturated rings. The molecule has 1 amide bonds. The summed E-state index contributed by atoms with van der Waals surface area (Å²) in [5.41, 5.74) is 4.54. The van der Waals surface area contributed by atoms with Gasteiger partial charge in [-0.05, 0) is 49.4 Å². The molecule has 136 valence electrons. The molecule has 25 heavy (non-hydrogen) atoms. The van der Waals surface area contributed by atoms with Gasteiger partial charge in [0.15, 0.2) is 0 Å². The van der Waals surface area contributed by atoms with Crippen molar-refractivity contribution in [3.05, 3.63) is 65.8 Å². The Morgan fingerprint density at radius 1 is 1.16 bits per heavy atom. The van der Waals surface area contributed by atoms with Gasteiger partial charge in [0.25, 0.3) is 0 Å². The largest absolute Gasteiger partial charge is 0.352 e. The summed E-state index contributed by atoms with van der Waals surface area (Å²) >= 11 is 0. The van der Waals surface area contributed by atoms with Crippen molar-refractivity contribution in [3.8, 4) is 0 Å². The fourth-order valence-corrected chi connectivity index (χ4v) is 2.51. The predicted molar refractivity (Wildman–Crippen MR) is 108 cm³/mol. The maximum absolute atomic E-state index is 11.5. The Hall–Kier alpha value is -2.13. The molecule has 0 bridgehead atoms. The zero-order valence-electron chi connectivity index (χ0n) is 15.9. The van der Waals surface area contributed by atoms with E-state index in [1.165, 1.54) is 16.7 Å². The van der Waals surface area contributed by atoms with Gasteiger partial charge in [-0.2, -0.15) is 0 Å². The van der Waals surface area contributed by atoms with Gasteiger partial charge >= 0.3 is 0 Å². The zero-order valence-corrected chi connectivity index (χ0v) is 15.9. The fourth-order valence-electron chi connectivity index (χ4n) is 2.51. The van der Waals surface area contributed by atoms with E-state index in [0.717, 1.165) is 32.4 Å². The van der Waals surface area contributed by atoms with E-state index in [2.05, 4.69) is 67.5 Å². The van der Waals surface area contributed by atoms with Crippen LogP contribution in [-0.4, -0.2) is 25.5 Å². The van der Waals surface area contributed by atoms with Gasteiger partial charge in [0.05, 0.1) is 0 Å². The number of amides is 1. The first kappa shape index (κ1) is 20.9. The summed E-state index contributed by atoms with van der Waals surface area (Å²) in [6.07, 6.45) is 7.41. The van der Waals surface area contributed by atoms with Crippen molar-refractivity contribution < 1.29 is 4.79 Å². The molecule has 0 aliphatic rings. The number of hydrogen-bond acceptors (Lipinski definition) is 2. The Labute approximate surface area is 152 Å². The molecular weight excluding hydrogens is 308 g/mol. The van der Waals surface area contributed by atoms with Crippen molar-refractivity contribution in [1.29, 1.82) is 0 Å². The maximum Gasteiger partial charge on any atom is 0.246 e. The molecule has 0 saturated carbocycles. The minimum Gasteiger partial charge on any atom is -0.352 e. The molecule has 0 spiro atoms. The molecule has 1 aromatic carbocycles. The molecule has 2 N–H and O–H groups in total. The van der Waals surface area contributed by atoms with Crippen molar-refractivity contribution in [1.82, 2.24) is 10.6 Å². The number of carbonyl (C=O) groups is 1. The van der Waals surface area contributed by atoms with Gasteiger partial charge in [-0.15, -0.1) is 0 Å².